The van der Waals surface area contributed by atoms with Gasteiger partial charge in [-0.1, -0.05) is 30.5 Å². The van der Waals surface area contributed by atoms with Gasteiger partial charge in [0, 0.05) is 30.5 Å². The van der Waals surface area contributed by atoms with E-state index >= 15 is 0 Å². The van der Waals surface area contributed by atoms with E-state index in [4.69, 9.17) is 21.1 Å². The smallest absolute Gasteiger partial charge is 0.180 e. The van der Waals surface area contributed by atoms with Crippen molar-refractivity contribution in [1.82, 2.24) is 10.3 Å². The molecule has 3 rings (SSSR count). The molecule has 0 aliphatic heterocycles. The summed E-state index contributed by atoms with van der Waals surface area (Å²) in [5.41, 5.74) is 2.10. The lowest BCUT2D eigenvalue weighted by atomic mass is 10.1. The first-order chi connectivity index (χ1) is 11.8. The molecule has 24 heavy (non-hydrogen) atoms. The van der Waals surface area contributed by atoms with Gasteiger partial charge in [0.2, 0.25) is 0 Å². The molecule has 1 heterocycles. The summed E-state index contributed by atoms with van der Waals surface area (Å²) >= 11 is 6.43. The maximum atomic E-state index is 6.43. The molecular formula is C19H23ClN2O2. The van der Waals surface area contributed by atoms with E-state index in [0.29, 0.717) is 29.2 Å². The molecule has 1 aromatic carbocycles. The van der Waals surface area contributed by atoms with Crippen molar-refractivity contribution in [2.45, 2.75) is 44.9 Å². The van der Waals surface area contributed by atoms with E-state index in [2.05, 4.69) is 10.3 Å². The van der Waals surface area contributed by atoms with Crippen LogP contribution in [-0.4, -0.2) is 18.1 Å². The van der Waals surface area contributed by atoms with E-state index in [-0.39, 0.29) is 0 Å². The van der Waals surface area contributed by atoms with E-state index in [0.717, 1.165) is 17.7 Å². The fourth-order valence-corrected chi connectivity index (χ4v) is 3.33. The third-order valence-corrected chi connectivity index (χ3v) is 4.63. The Morgan fingerprint density at radius 2 is 2.08 bits per heavy atom. The standard InChI is InChI=1S/C19H23ClN2O2/c1-23-18-10-15(12-22-16-6-2-3-7-16)9-17(20)19(18)24-13-14-5-4-8-21-11-14/h4-5,8-11,16,22H,2-3,6-7,12-13H2,1H3. The van der Waals surface area contributed by atoms with Crippen LogP contribution in [0, 0.1) is 0 Å². The molecule has 0 bridgehead atoms. The van der Waals surface area contributed by atoms with Gasteiger partial charge in [0.05, 0.1) is 12.1 Å². The van der Waals surface area contributed by atoms with Crippen LogP contribution >= 0.6 is 11.6 Å². The summed E-state index contributed by atoms with van der Waals surface area (Å²) in [6.45, 7) is 1.20. The van der Waals surface area contributed by atoms with E-state index in [1.165, 1.54) is 25.7 Å². The molecule has 0 saturated heterocycles. The van der Waals surface area contributed by atoms with Gasteiger partial charge in [0.15, 0.2) is 11.5 Å². The quantitative estimate of drug-likeness (QED) is 0.809. The molecule has 1 N–H and O–H groups in total. The highest BCUT2D eigenvalue weighted by molar-refractivity contribution is 6.32. The molecule has 0 atom stereocenters. The van der Waals surface area contributed by atoms with Gasteiger partial charge in [-0.15, -0.1) is 0 Å². The van der Waals surface area contributed by atoms with Crippen molar-refractivity contribution >= 4 is 11.6 Å². The Morgan fingerprint density at radius 3 is 2.79 bits per heavy atom. The lowest BCUT2D eigenvalue weighted by Gasteiger charge is -2.16. The molecule has 4 nitrogen and oxygen atoms in total. The Hall–Kier alpha value is -1.78. The fraction of sp³-hybridized carbons (Fsp3) is 0.421. The van der Waals surface area contributed by atoms with Crippen LogP contribution in [-0.2, 0) is 13.2 Å². The first kappa shape index (κ1) is 17.1. The highest BCUT2D eigenvalue weighted by Gasteiger charge is 2.16. The van der Waals surface area contributed by atoms with Gasteiger partial charge in [0.1, 0.15) is 6.61 Å². The molecule has 1 fully saturated rings. The number of methoxy groups -OCH3 is 1. The topological polar surface area (TPSA) is 43.4 Å². The molecule has 1 aliphatic carbocycles. The first-order valence-corrected chi connectivity index (χ1v) is 8.75. The number of hydrogen-bond donors (Lipinski definition) is 1. The third kappa shape index (κ3) is 4.40. The van der Waals surface area contributed by atoms with Gasteiger partial charge >= 0.3 is 0 Å². The monoisotopic (exact) mass is 346 g/mol. The van der Waals surface area contributed by atoms with Crippen molar-refractivity contribution in [2.24, 2.45) is 0 Å². The maximum Gasteiger partial charge on any atom is 0.180 e. The van der Waals surface area contributed by atoms with Crippen molar-refractivity contribution in [3.63, 3.8) is 0 Å². The number of benzene rings is 1. The number of hydrogen-bond acceptors (Lipinski definition) is 4. The van der Waals surface area contributed by atoms with Crippen molar-refractivity contribution in [3.05, 3.63) is 52.8 Å². The maximum absolute atomic E-state index is 6.43. The van der Waals surface area contributed by atoms with Crippen LogP contribution in [0.15, 0.2) is 36.7 Å². The Bertz CT molecular complexity index is 658. The zero-order chi connectivity index (χ0) is 16.8. The highest BCUT2D eigenvalue weighted by Crippen LogP contribution is 2.37. The first-order valence-electron chi connectivity index (χ1n) is 8.38. The van der Waals surface area contributed by atoms with Crippen molar-refractivity contribution < 1.29 is 9.47 Å². The Balaban J connectivity index is 1.67. The Kier molecular flexibility index (Phi) is 5.94. The summed E-state index contributed by atoms with van der Waals surface area (Å²) < 4.78 is 11.3. The minimum absolute atomic E-state index is 0.406. The summed E-state index contributed by atoms with van der Waals surface area (Å²) in [5.74, 6) is 1.24. The Morgan fingerprint density at radius 1 is 1.25 bits per heavy atom. The van der Waals surface area contributed by atoms with Crippen molar-refractivity contribution in [1.29, 1.82) is 0 Å². The fourth-order valence-electron chi connectivity index (χ4n) is 3.05. The predicted molar refractivity (Wildman–Crippen MR) is 95.7 cm³/mol. The van der Waals surface area contributed by atoms with Crippen molar-refractivity contribution in [3.8, 4) is 11.5 Å². The molecule has 0 unspecified atom stereocenters. The molecule has 0 amide bonds. The largest absolute Gasteiger partial charge is 0.493 e. The molecule has 1 aromatic heterocycles. The number of rotatable bonds is 7. The van der Waals surface area contributed by atoms with Gasteiger partial charge in [-0.3, -0.25) is 4.98 Å². The van der Waals surface area contributed by atoms with Crippen LogP contribution in [0.4, 0.5) is 0 Å². The molecule has 1 aliphatic rings. The summed E-state index contributed by atoms with van der Waals surface area (Å²) in [6, 6.07) is 8.41. The number of nitrogens with one attached hydrogen (secondary N) is 1. The number of pyridine rings is 1. The third-order valence-electron chi connectivity index (χ3n) is 4.35. The number of aromatic nitrogens is 1. The number of ether oxygens (including phenoxy) is 2. The lowest BCUT2D eigenvalue weighted by molar-refractivity contribution is 0.284. The van der Waals surface area contributed by atoms with Gasteiger partial charge in [0.25, 0.3) is 0 Å². The van der Waals surface area contributed by atoms with Gasteiger partial charge in [-0.05, 0) is 36.6 Å². The summed E-state index contributed by atoms with van der Waals surface area (Å²) in [7, 11) is 1.64. The van der Waals surface area contributed by atoms with E-state index < -0.39 is 0 Å². The average Bonchev–Trinajstić information content (AvgIpc) is 3.13. The second kappa shape index (κ2) is 8.36. The van der Waals surface area contributed by atoms with E-state index in [1.54, 1.807) is 19.5 Å². The zero-order valence-corrected chi connectivity index (χ0v) is 14.7. The SMILES string of the molecule is COc1cc(CNC2CCCC2)cc(Cl)c1OCc1cccnc1. The molecular weight excluding hydrogens is 324 g/mol. The zero-order valence-electron chi connectivity index (χ0n) is 13.9. The van der Waals surface area contributed by atoms with Crippen LogP contribution in [0.25, 0.3) is 0 Å². The molecule has 5 heteroatoms. The second-order valence-corrected chi connectivity index (χ2v) is 6.53. The summed E-state index contributed by atoms with van der Waals surface area (Å²) in [4.78, 5) is 4.09. The van der Waals surface area contributed by atoms with Gasteiger partial charge < -0.3 is 14.8 Å². The van der Waals surface area contributed by atoms with Crippen LogP contribution in [0.2, 0.25) is 5.02 Å². The van der Waals surface area contributed by atoms with E-state index in [9.17, 15) is 0 Å². The normalized spacial score (nSPS) is 14.8. The van der Waals surface area contributed by atoms with Crippen LogP contribution in [0.1, 0.15) is 36.8 Å². The average molecular weight is 347 g/mol. The highest BCUT2D eigenvalue weighted by atomic mass is 35.5. The summed E-state index contributed by atoms with van der Waals surface area (Å²) in [6.07, 6.45) is 8.68. The second-order valence-electron chi connectivity index (χ2n) is 6.12. The number of halogens is 1. The van der Waals surface area contributed by atoms with E-state index in [1.807, 2.05) is 24.3 Å². The molecule has 2 aromatic rings. The molecule has 0 radical (unpaired) electrons. The minimum Gasteiger partial charge on any atom is -0.493 e. The van der Waals surface area contributed by atoms with Crippen LogP contribution in [0.3, 0.4) is 0 Å². The summed E-state index contributed by atoms with van der Waals surface area (Å²) in [5, 5.41) is 4.16. The van der Waals surface area contributed by atoms with Crippen LogP contribution in [0.5, 0.6) is 11.5 Å². The Labute approximate surface area is 148 Å². The predicted octanol–water partition coefficient (Wildman–Crippen LogP) is 4.35. The van der Waals surface area contributed by atoms with Gasteiger partial charge in [-0.2, -0.15) is 0 Å². The lowest BCUT2D eigenvalue weighted by Crippen LogP contribution is -2.25. The molecule has 128 valence electrons. The number of nitrogens with zero attached hydrogens (tertiary/aromatic N) is 1. The molecule has 1 saturated carbocycles. The minimum atomic E-state index is 0.406. The molecule has 0 spiro atoms. The van der Waals surface area contributed by atoms with Crippen molar-refractivity contribution in [2.75, 3.05) is 7.11 Å². The van der Waals surface area contributed by atoms with Crippen LogP contribution < -0.4 is 14.8 Å². The van der Waals surface area contributed by atoms with Gasteiger partial charge in [-0.25, -0.2) is 0 Å².